The number of carbonyl (C=O) groups excluding carboxylic acids is 3. The van der Waals surface area contributed by atoms with Gasteiger partial charge in [-0.1, -0.05) is 0 Å². The first kappa shape index (κ1) is 16.3. The van der Waals surface area contributed by atoms with Crippen molar-refractivity contribution < 1.29 is 14.4 Å². The maximum Gasteiger partial charge on any atom is 0.243 e. The lowest BCUT2D eigenvalue weighted by molar-refractivity contribution is -0.129. The summed E-state index contributed by atoms with van der Waals surface area (Å²) in [6.07, 6.45) is 1.88. The fourth-order valence-corrected chi connectivity index (χ4v) is 1.31. The first-order valence-electron chi connectivity index (χ1n) is 5.76. The molecule has 8 heteroatoms. The molecule has 0 spiro atoms. The summed E-state index contributed by atoms with van der Waals surface area (Å²) in [6, 6.07) is -0.716. The Labute approximate surface area is 106 Å². The molecule has 0 aliphatic heterocycles. The van der Waals surface area contributed by atoms with Gasteiger partial charge in [0, 0.05) is 0 Å². The van der Waals surface area contributed by atoms with E-state index in [2.05, 4.69) is 10.6 Å². The van der Waals surface area contributed by atoms with Gasteiger partial charge >= 0.3 is 0 Å². The van der Waals surface area contributed by atoms with Crippen molar-refractivity contribution in [3.63, 3.8) is 0 Å². The number of unbranched alkanes of at least 4 members (excludes halogenated alkanes) is 1. The second-order valence-electron chi connectivity index (χ2n) is 3.79. The smallest absolute Gasteiger partial charge is 0.243 e. The van der Waals surface area contributed by atoms with E-state index < -0.39 is 23.8 Å². The molecule has 1 unspecified atom stereocenters. The van der Waals surface area contributed by atoms with Gasteiger partial charge in [-0.2, -0.15) is 0 Å². The van der Waals surface area contributed by atoms with Gasteiger partial charge in [0.2, 0.25) is 17.7 Å². The highest BCUT2D eigenvalue weighted by Crippen LogP contribution is 2.00. The summed E-state index contributed by atoms with van der Waals surface area (Å²) in [4.78, 5) is 33.4. The van der Waals surface area contributed by atoms with Crippen LogP contribution in [-0.4, -0.2) is 43.4 Å². The standard InChI is InChI=1S/C10H21N5O3/c11-4-2-1-3-7(15-9(17)5-12)10(18)14-6-8(13)16/h7H,1-6,11-12H2,(H2,13,16)(H,14,18)(H,15,17). The molecule has 1 atom stereocenters. The van der Waals surface area contributed by atoms with Crippen molar-refractivity contribution in [1.82, 2.24) is 10.6 Å². The van der Waals surface area contributed by atoms with Gasteiger partial charge in [-0.05, 0) is 25.8 Å². The molecule has 104 valence electrons. The third-order valence-corrected chi connectivity index (χ3v) is 2.22. The normalized spacial score (nSPS) is 11.7. The van der Waals surface area contributed by atoms with Gasteiger partial charge in [0.15, 0.2) is 0 Å². The molecule has 0 bridgehead atoms. The first-order chi connectivity index (χ1) is 8.51. The SMILES string of the molecule is NCCCCC(NC(=O)CN)C(=O)NCC(N)=O. The lowest BCUT2D eigenvalue weighted by Gasteiger charge is -2.17. The Morgan fingerprint density at radius 2 is 1.78 bits per heavy atom. The van der Waals surface area contributed by atoms with Crippen LogP contribution in [0.4, 0.5) is 0 Å². The van der Waals surface area contributed by atoms with Crippen LogP contribution >= 0.6 is 0 Å². The minimum absolute atomic E-state index is 0.198. The highest BCUT2D eigenvalue weighted by Gasteiger charge is 2.19. The fraction of sp³-hybridized carbons (Fsp3) is 0.700. The van der Waals surface area contributed by atoms with E-state index in [1.165, 1.54) is 0 Å². The van der Waals surface area contributed by atoms with Crippen LogP contribution in [0.3, 0.4) is 0 Å². The van der Waals surface area contributed by atoms with E-state index in [0.717, 1.165) is 6.42 Å². The molecule has 0 fully saturated rings. The van der Waals surface area contributed by atoms with E-state index in [1.807, 2.05) is 0 Å². The van der Waals surface area contributed by atoms with Crippen molar-refractivity contribution in [2.24, 2.45) is 17.2 Å². The summed E-state index contributed by atoms with van der Waals surface area (Å²) in [5.74, 6) is -1.52. The lowest BCUT2D eigenvalue weighted by atomic mass is 10.1. The van der Waals surface area contributed by atoms with Gasteiger partial charge in [-0.3, -0.25) is 14.4 Å². The molecular formula is C10H21N5O3. The van der Waals surface area contributed by atoms with Gasteiger partial charge in [-0.25, -0.2) is 0 Å². The Bertz CT molecular complexity index is 295. The molecule has 0 heterocycles. The Kier molecular flexibility index (Phi) is 8.50. The molecule has 18 heavy (non-hydrogen) atoms. The number of hydrogen-bond acceptors (Lipinski definition) is 5. The Morgan fingerprint density at radius 3 is 2.28 bits per heavy atom. The van der Waals surface area contributed by atoms with Crippen molar-refractivity contribution >= 4 is 17.7 Å². The average molecular weight is 259 g/mol. The maximum absolute atomic E-state index is 11.7. The third-order valence-electron chi connectivity index (χ3n) is 2.22. The van der Waals surface area contributed by atoms with E-state index in [9.17, 15) is 14.4 Å². The van der Waals surface area contributed by atoms with E-state index in [-0.39, 0.29) is 13.1 Å². The van der Waals surface area contributed by atoms with Crippen LogP contribution in [0.5, 0.6) is 0 Å². The molecule has 0 aromatic heterocycles. The summed E-state index contributed by atoms with van der Waals surface area (Å²) >= 11 is 0. The summed E-state index contributed by atoms with van der Waals surface area (Å²) in [7, 11) is 0. The zero-order valence-corrected chi connectivity index (χ0v) is 10.3. The van der Waals surface area contributed by atoms with Gasteiger partial charge in [0.1, 0.15) is 6.04 Å². The van der Waals surface area contributed by atoms with Crippen molar-refractivity contribution in [3.8, 4) is 0 Å². The predicted molar refractivity (Wildman–Crippen MR) is 66.1 cm³/mol. The minimum atomic E-state index is -0.716. The zero-order chi connectivity index (χ0) is 14.0. The first-order valence-corrected chi connectivity index (χ1v) is 5.76. The van der Waals surface area contributed by atoms with Crippen molar-refractivity contribution in [2.45, 2.75) is 25.3 Å². The molecule has 0 aromatic rings. The average Bonchev–Trinajstić information content (AvgIpc) is 2.34. The largest absolute Gasteiger partial charge is 0.368 e. The Hall–Kier alpha value is -1.67. The molecule has 8 nitrogen and oxygen atoms in total. The van der Waals surface area contributed by atoms with Gasteiger partial charge < -0.3 is 27.8 Å². The topological polar surface area (TPSA) is 153 Å². The van der Waals surface area contributed by atoms with Crippen LogP contribution in [-0.2, 0) is 14.4 Å². The predicted octanol–water partition coefficient (Wildman–Crippen LogP) is -2.84. The second kappa shape index (κ2) is 9.37. The Balaban J connectivity index is 4.28. The van der Waals surface area contributed by atoms with Crippen LogP contribution < -0.4 is 27.8 Å². The van der Waals surface area contributed by atoms with Crippen molar-refractivity contribution in [3.05, 3.63) is 0 Å². The molecule has 0 saturated heterocycles. The molecule has 8 N–H and O–H groups in total. The summed E-state index contributed by atoms with van der Waals surface area (Å²) in [6.45, 7) is 0.0572. The second-order valence-corrected chi connectivity index (χ2v) is 3.79. The molecule has 0 aliphatic carbocycles. The monoisotopic (exact) mass is 259 g/mol. The van der Waals surface area contributed by atoms with Crippen LogP contribution in [0, 0.1) is 0 Å². The molecule has 0 saturated carbocycles. The number of nitrogens with two attached hydrogens (primary N) is 3. The number of primary amides is 1. The molecule has 0 aliphatic rings. The van der Waals surface area contributed by atoms with E-state index in [1.54, 1.807) is 0 Å². The summed E-state index contributed by atoms with van der Waals surface area (Å²) in [5.41, 5.74) is 15.4. The van der Waals surface area contributed by atoms with E-state index in [4.69, 9.17) is 17.2 Å². The van der Waals surface area contributed by atoms with Crippen LogP contribution in [0.2, 0.25) is 0 Å². The van der Waals surface area contributed by atoms with Crippen molar-refractivity contribution in [1.29, 1.82) is 0 Å². The summed E-state index contributed by atoms with van der Waals surface area (Å²) in [5, 5.41) is 4.82. The van der Waals surface area contributed by atoms with Gasteiger partial charge in [-0.15, -0.1) is 0 Å². The zero-order valence-electron chi connectivity index (χ0n) is 10.3. The number of amides is 3. The molecular weight excluding hydrogens is 238 g/mol. The highest BCUT2D eigenvalue weighted by molar-refractivity contribution is 5.90. The molecule has 0 radical (unpaired) electrons. The fourth-order valence-electron chi connectivity index (χ4n) is 1.31. The van der Waals surface area contributed by atoms with Crippen LogP contribution in [0.1, 0.15) is 19.3 Å². The number of nitrogens with one attached hydrogen (secondary N) is 2. The number of rotatable bonds is 9. The van der Waals surface area contributed by atoms with Crippen LogP contribution in [0.25, 0.3) is 0 Å². The highest BCUT2D eigenvalue weighted by atomic mass is 16.2. The maximum atomic E-state index is 11.7. The molecule has 0 aromatic carbocycles. The number of carbonyl (C=O) groups is 3. The van der Waals surface area contributed by atoms with E-state index >= 15 is 0 Å². The molecule has 0 rings (SSSR count). The quantitative estimate of drug-likeness (QED) is 0.282. The Morgan fingerprint density at radius 1 is 1.11 bits per heavy atom. The van der Waals surface area contributed by atoms with Crippen molar-refractivity contribution in [2.75, 3.05) is 19.6 Å². The molecule has 3 amide bonds. The summed E-state index contributed by atoms with van der Waals surface area (Å²) < 4.78 is 0. The lowest BCUT2D eigenvalue weighted by Crippen LogP contribution is -2.49. The van der Waals surface area contributed by atoms with Gasteiger partial charge in [0.05, 0.1) is 13.1 Å². The minimum Gasteiger partial charge on any atom is -0.368 e. The van der Waals surface area contributed by atoms with Crippen LogP contribution in [0.15, 0.2) is 0 Å². The van der Waals surface area contributed by atoms with E-state index in [0.29, 0.717) is 19.4 Å². The van der Waals surface area contributed by atoms with Gasteiger partial charge in [0.25, 0.3) is 0 Å². The third kappa shape index (κ3) is 7.58. The number of hydrogen-bond donors (Lipinski definition) is 5.